The van der Waals surface area contributed by atoms with Gasteiger partial charge in [-0.1, -0.05) is 44.4 Å². The molecule has 1 aromatic carbocycles. The predicted molar refractivity (Wildman–Crippen MR) is 84.2 cm³/mol. The van der Waals surface area contributed by atoms with E-state index < -0.39 is 0 Å². The molecule has 2 heteroatoms. The van der Waals surface area contributed by atoms with E-state index >= 15 is 0 Å². The molecule has 0 bridgehead atoms. The second kappa shape index (κ2) is 6.62. The zero-order valence-corrected chi connectivity index (χ0v) is 12.6. The molecule has 3 unspecified atom stereocenters. The zero-order valence-electron chi connectivity index (χ0n) is 12.6. The fraction of sp³-hybridized carbons (Fsp3) is 0.667. The van der Waals surface area contributed by atoms with Crippen molar-refractivity contribution in [1.82, 2.24) is 0 Å². The van der Waals surface area contributed by atoms with Gasteiger partial charge in [-0.25, -0.2) is 0 Å². The van der Waals surface area contributed by atoms with Crippen molar-refractivity contribution in [2.75, 3.05) is 11.9 Å². The maximum absolute atomic E-state index is 6.41. The minimum atomic E-state index is 0.378. The summed E-state index contributed by atoms with van der Waals surface area (Å²) in [7, 11) is 0. The average molecular weight is 273 g/mol. The second-order valence-corrected chi connectivity index (χ2v) is 6.40. The normalized spacial score (nSPS) is 30.1. The number of fused-ring (bicyclic) bond motifs is 1. The van der Waals surface area contributed by atoms with E-state index in [0.717, 1.165) is 25.3 Å². The SMILES string of the molecule is CCC1CCCC(OC2CCc3ccccc3NC2)C1. The van der Waals surface area contributed by atoms with Crippen molar-refractivity contribution in [3.63, 3.8) is 0 Å². The van der Waals surface area contributed by atoms with E-state index in [2.05, 4.69) is 36.5 Å². The fourth-order valence-corrected chi connectivity index (χ4v) is 3.68. The van der Waals surface area contributed by atoms with E-state index in [1.165, 1.54) is 43.4 Å². The van der Waals surface area contributed by atoms with Crippen molar-refractivity contribution in [1.29, 1.82) is 0 Å². The molecule has 1 saturated carbocycles. The molecule has 0 saturated heterocycles. The van der Waals surface area contributed by atoms with Crippen LogP contribution in [0, 0.1) is 5.92 Å². The van der Waals surface area contributed by atoms with Crippen molar-refractivity contribution in [2.24, 2.45) is 5.92 Å². The van der Waals surface area contributed by atoms with Gasteiger partial charge in [0.1, 0.15) is 0 Å². The smallest absolute Gasteiger partial charge is 0.0754 e. The summed E-state index contributed by atoms with van der Waals surface area (Å²) in [5.41, 5.74) is 2.74. The average Bonchev–Trinajstić information content (AvgIpc) is 2.70. The lowest BCUT2D eigenvalue weighted by Crippen LogP contribution is -2.31. The summed E-state index contributed by atoms with van der Waals surface area (Å²) in [6.07, 6.45) is 9.78. The summed E-state index contributed by atoms with van der Waals surface area (Å²) in [5.74, 6) is 0.893. The van der Waals surface area contributed by atoms with Gasteiger partial charge in [-0.3, -0.25) is 0 Å². The number of nitrogens with one attached hydrogen (secondary N) is 1. The molecule has 3 rings (SSSR count). The van der Waals surface area contributed by atoms with E-state index in [4.69, 9.17) is 4.74 Å². The molecule has 1 heterocycles. The Morgan fingerprint density at radius 1 is 1.15 bits per heavy atom. The molecule has 0 spiro atoms. The largest absolute Gasteiger partial charge is 0.382 e. The van der Waals surface area contributed by atoms with Crippen LogP contribution in [0.25, 0.3) is 0 Å². The Kier molecular flexibility index (Phi) is 4.62. The molecule has 2 aliphatic rings. The Hall–Kier alpha value is -1.02. The Balaban J connectivity index is 1.55. The maximum Gasteiger partial charge on any atom is 0.0754 e. The van der Waals surface area contributed by atoms with Gasteiger partial charge in [0.15, 0.2) is 0 Å². The minimum Gasteiger partial charge on any atom is -0.382 e. The fourth-order valence-electron chi connectivity index (χ4n) is 3.68. The van der Waals surface area contributed by atoms with Gasteiger partial charge < -0.3 is 10.1 Å². The van der Waals surface area contributed by atoms with Crippen molar-refractivity contribution in [3.8, 4) is 0 Å². The Morgan fingerprint density at radius 3 is 2.95 bits per heavy atom. The van der Waals surface area contributed by atoms with Gasteiger partial charge in [0, 0.05) is 12.2 Å². The molecule has 1 aliphatic carbocycles. The quantitative estimate of drug-likeness (QED) is 0.881. The minimum absolute atomic E-state index is 0.378. The van der Waals surface area contributed by atoms with E-state index in [0.29, 0.717) is 12.2 Å². The molecular weight excluding hydrogens is 246 g/mol. The van der Waals surface area contributed by atoms with Gasteiger partial charge in [0.2, 0.25) is 0 Å². The third-order valence-corrected chi connectivity index (χ3v) is 4.97. The van der Waals surface area contributed by atoms with Crippen molar-refractivity contribution < 1.29 is 4.74 Å². The molecule has 1 aliphatic heterocycles. The van der Waals surface area contributed by atoms with Crippen molar-refractivity contribution in [3.05, 3.63) is 29.8 Å². The summed E-state index contributed by atoms with van der Waals surface area (Å²) in [5, 5.41) is 3.56. The van der Waals surface area contributed by atoms with Gasteiger partial charge in [0.25, 0.3) is 0 Å². The molecule has 1 N–H and O–H groups in total. The number of aryl methyl sites for hydroxylation is 1. The highest BCUT2D eigenvalue weighted by Crippen LogP contribution is 2.30. The summed E-state index contributed by atoms with van der Waals surface area (Å²) in [6.45, 7) is 3.28. The molecule has 1 fully saturated rings. The standard InChI is InChI=1S/C18H27NO/c1-2-14-6-5-8-16(12-14)20-17-11-10-15-7-3-4-9-18(15)19-13-17/h3-4,7,9,14,16-17,19H,2,5-6,8,10-13H2,1H3. The third-order valence-electron chi connectivity index (χ3n) is 4.97. The highest BCUT2D eigenvalue weighted by Gasteiger charge is 2.25. The molecule has 3 atom stereocenters. The highest BCUT2D eigenvalue weighted by atomic mass is 16.5. The number of hydrogen-bond acceptors (Lipinski definition) is 2. The van der Waals surface area contributed by atoms with Gasteiger partial charge in [-0.05, 0) is 43.2 Å². The van der Waals surface area contributed by atoms with Gasteiger partial charge in [0.05, 0.1) is 12.2 Å². The van der Waals surface area contributed by atoms with E-state index in [1.807, 2.05) is 0 Å². The molecule has 20 heavy (non-hydrogen) atoms. The number of anilines is 1. The van der Waals surface area contributed by atoms with Crippen LogP contribution in [0.4, 0.5) is 5.69 Å². The first kappa shape index (κ1) is 13.9. The summed E-state index contributed by atoms with van der Waals surface area (Å²) in [6, 6.07) is 8.67. The topological polar surface area (TPSA) is 21.3 Å². The maximum atomic E-state index is 6.41. The lowest BCUT2D eigenvalue weighted by atomic mass is 9.85. The Morgan fingerprint density at radius 2 is 2.05 bits per heavy atom. The zero-order chi connectivity index (χ0) is 13.8. The van der Waals surface area contributed by atoms with Crippen molar-refractivity contribution >= 4 is 5.69 Å². The first-order chi connectivity index (χ1) is 9.85. The van der Waals surface area contributed by atoms with E-state index in [-0.39, 0.29) is 0 Å². The van der Waals surface area contributed by atoms with Crippen LogP contribution in [0.15, 0.2) is 24.3 Å². The third kappa shape index (κ3) is 3.35. The van der Waals surface area contributed by atoms with Crippen LogP contribution < -0.4 is 5.32 Å². The number of para-hydroxylation sites is 1. The Bertz CT molecular complexity index is 404. The van der Waals surface area contributed by atoms with Gasteiger partial charge >= 0.3 is 0 Å². The molecule has 0 amide bonds. The first-order valence-corrected chi connectivity index (χ1v) is 8.32. The van der Waals surface area contributed by atoms with Gasteiger partial charge in [-0.2, -0.15) is 0 Å². The summed E-state index contributed by atoms with van der Waals surface area (Å²) in [4.78, 5) is 0. The first-order valence-electron chi connectivity index (χ1n) is 8.32. The predicted octanol–water partition coefficient (Wildman–Crippen LogP) is 4.40. The van der Waals surface area contributed by atoms with Crippen LogP contribution in [0.1, 0.15) is 51.0 Å². The van der Waals surface area contributed by atoms with Crippen LogP contribution in [0.3, 0.4) is 0 Å². The van der Waals surface area contributed by atoms with E-state index in [1.54, 1.807) is 0 Å². The van der Waals surface area contributed by atoms with E-state index in [9.17, 15) is 0 Å². The highest BCUT2D eigenvalue weighted by molar-refractivity contribution is 5.52. The van der Waals surface area contributed by atoms with Crippen molar-refractivity contribution in [2.45, 2.75) is 64.1 Å². The molecule has 0 radical (unpaired) electrons. The summed E-state index contributed by atoms with van der Waals surface area (Å²) < 4.78 is 6.41. The molecule has 0 aromatic heterocycles. The number of rotatable bonds is 3. The molecule has 2 nitrogen and oxygen atoms in total. The lowest BCUT2D eigenvalue weighted by molar-refractivity contribution is -0.0371. The monoisotopic (exact) mass is 273 g/mol. The van der Waals surface area contributed by atoms with Crippen LogP contribution in [-0.2, 0) is 11.2 Å². The Labute approximate surface area is 122 Å². The number of benzene rings is 1. The molecule has 1 aromatic rings. The van der Waals surface area contributed by atoms with Crippen LogP contribution in [0.2, 0.25) is 0 Å². The number of hydrogen-bond donors (Lipinski definition) is 1. The number of ether oxygens (including phenoxy) is 1. The lowest BCUT2D eigenvalue weighted by Gasteiger charge is -2.31. The summed E-state index contributed by atoms with van der Waals surface area (Å²) >= 11 is 0. The van der Waals surface area contributed by atoms with Crippen LogP contribution in [-0.4, -0.2) is 18.8 Å². The van der Waals surface area contributed by atoms with Gasteiger partial charge in [-0.15, -0.1) is 0 Å². The van der Waals surface area contributed by atoms with Crippen LogP contribution in [0.5, 0.6) is 0 Å². The second-order valence-electron chi connectivity index (χ2n) is 6.40. The van der Waals surface area contributed by atoms with Crippen LogP contribution >= 0.6 is 0 Å². The molecular formula is C18H27NO. The molecule has 110 valence electrons.